The molecule has 0 saturated heterocycles. The van der Waals surface area contributed by atoms with Gasteiger partial charge < -0.3 is 15.3 Å². The van der Waals surface area contributed by atoms with Crippen LogP contribution in [0.25, 0.3) is 10.4 Å². The first-order chi connectivity index (χ1) is 16.7. The van der Waals surface area contributed by atoms with Gasteiger partial charge >= 0.3 is 29.0 Å². The second kappa shape index (κ2) is 12.3. The second-order valence-electron chi connectivity index (χ2n) is 9.29. The molecule has 4 rings (SSSR count). The molecule has 188 valence electrons. The number of thiophene rings is 1. The van der Waals surface area contributed by atoms with Crippen molar-refractivity contribution in [2.24, 2.45) is 11.8 Å². The smallest absolute Gasteiger partial charge is 0.348 e. The predicted octanol–water partition coefficient (Wildman–Crippen LogP) is 5.47. The Bertz CT molecular complexity index is 1200. The summed E-state index contributed by atoms with van der Waals surface area (Å²) in [6.07, 6.45) is 3.73. The zero-order valence-electron chi connectivity index (χ0n) is 20.0. The monoisotopic (exact) mass is 537 g/mol. The van der Waals surface area contributed by atoms with E-state index in [9.17, 15) is 19.5 Å². The number of carboxylic acid groups (broad SMARTS) is 1. The maximum atomic E-state index is 13.5. The van der Waals surface area contributed by atoms with Crippen molar-refractivity contribution in [3.8, 4) is 10.4 Å². The predicted molar refractivity (Wildman–Crippen MR) is 149 cm³/mol. The van der Waals surface area contributed by atoms with Gasteiger partial charge in [-0.15, -0.1) is 22.7 Å². The van der Waals surface area contributed by atoms with E-state index in [4.69, 9.17) is 0 Å². The van der Waals surface area contributed by atoms with Gasteiger partial charge in [-0.2, -0.15) is 0 Å². The number of aromatic carboxylic acids is 1. The molecule has 1 saturated carbocycles. The number of benzene rings is 1. The number of thiazole rings is 1. The molecule has 1 aromatic carbocycles. The van der Waals surface area contributed by atoms with Crippen LogP contribution in [-0.4, -0.2) is 57.0 Å². The molecule has 2 amide bonds. The summed E-state index contributed by atoms with van der Waals surface area (Å²) in [5.41, 5.74) is 3.85. The zero-order valence-corrected chi connectivity index (χ0v) is 21.6. The van der Waals surface area contributed by atoms with Gasteiger partial charge in [0.1, 0.15) is 10.6 Å². The third kappa shape index (κ3) is 6.34. The minimum Gasteiger partial charge on any atom is -0.477 e. The second-order valence-corrected chi connectivity index (χ2v) is 11.1. The molecule has 36 heavy (non-hydrogen) atoms. The quantitative estimate of drug-likeness (QED) is 0.389. The maximum absolute atomic E-state index is 13.5. The Morgan fingerprint density at radius 2 is 1.78 bits per heavy atom. The molecule has 0 bridgehead atoms. The van der Waals surface area contributed by atoms with Crippen molar-refractivity contribution in [3.63, 3.8) is 0 Å². The van der Waals surface area contributed by atoms with Crippen LogP contribution < -0.4 is 10.2 Å². The molecule has 0 aliphatic heterocycles. The van der Waals surface area contributed by atoms with Gasteiger partial charge in [0.15, 0.2) is 0 Å². The molecule has 0 radical (unpaired) electrons. The summed E-state index contributed by atoms with van der Waals surface area (Å²) >= 11 is 2.51. The minimum absolute atomic E-state index is 0. The van der Waals surface area contributed by atoms with Crippen LogP contribution in [0, 0.1) is 11.8 Å². The standard InChI is InChI=1S/C26H29N3O4S2.Mg.2H/c1-15(2)29(25(31)18-6-4-16(3)5-7-18)21-12-22(35-23(21)26(32)33)17-8-10-19(11-9-17)28-24(30)20-13-34-14-27-20;;;/h8-16,18H,4-7H2,1-3H3,(H,28,30)(H,32,33);;;. The van der Waals surface area contributed by atoms with Gasteiger partial charge in [0.05, 0.1) is 11.2 Å². The first-order valence-corrected chi connectivity index (χ1v) is 13.5. The van der Waals surface area contributed by atoms with E-state index in [2.05, 4.69) is 17.2 Å². The van der Waals surface area contributed by atoms with Gasteiger partial charge in [-0.3, -0.25) is 9.59 Å². The Morgan fingerprint density at radius 1 is 1.11 bits per heavy atom. The summed E-state index contributed by atoms with van der Waals surface area (Å²) in [6, 6.07) is 8.86. The van der Waals surface area contributed by atoms with Crippen LogP contribution in [0.15, 0.2) is 41.2 Å². The first kappa shape index (κ1) is 28.3. The number of anilines is 2. The van der Waals surface area contributed by atoms with Crippen LogP contribution in [0.5, 0.6) is 0 Å². The van der Waals surface area contributed by atoms with Crippen molar-refractivity contribution in [3.05, 3.63) is 51.8 Å². The van der Waals surface area contributed by atoms with Crippen molar-refractivity contribution >= 4 is 74.9 Å². The maximum Gasteiger partial charge on any atom is 0.348 e. The van der Waals surface area contributed by atoms with Crippen LogP contribution in [0.1, 0.15) is 66.6 Å². The molecule has 2 heterocycles. The molecule has 1 fully saturated rings. The Labute approximate surface area is 235 Å². The van der Waals surface area contributed by atoms with E-state index < -0.39 is 5.97 Å². The third-order valence-corrected chi connectivity index (χ3v) is 8.13. The summed E-state index contributed by atoms with van der Waals surface area (Å²) in [7, 11) is 0. The fourth-order valence-electron chi connectivity index (χ4n) is 4.45. The van der Waals surface area contributed by atoms with Gasteiger partial charge in [0.2, 0.25) is 5.91 Å². The van der Waals surface area contributed by atoms with Crippen molar-refractivity contribution in [2.75, 3.05) is 10.2 Å². The van der Waals surface area contributed by atoms with E-state index in [1.165, 1.54) is 11.3 Å². The number of hydrogen-bond acceptors (Lipinski definition) is 6. The largest absolute Gasteiger partial charge is 0.477 e. The molecule has 2 aromatic heterocycles. The molecule has 3 aromatic rings. The van der Waals surface area contributed by atoms with Gasteiger partial charge in [-0.25, -0.2) is 9.78 Å². The minimum atomic E-state index is -1.04. The number of carbonyl (C=O) groups excluding carboxylic acids is 2. The van der Waals surface area contributed by atoms with E-state index in [1.807, 2.05) is 26.0 Å². The summed E-state index contributed by atoms with van der Waals surface area (Å²) in [5.74, 6) is -0.755. The number of amides is 2. The molecular weight excluding hydrogens is 507 g/mol. The van der Waals surface area contributed by atoms with Gasteiger partial charge in [0, 0.05) is 27.9 Å². The van der Waals surface area contributed by atoms with Crippen molar-refractivity contribution in [1.29, 1.82) is 0 Å². The van der Waals surface area contributed by atoms with E-state index in [0.29, 0.717) is 23.0 Å². The number of nitrogens with zero attached hydrogens (tertiary/aromatic N) is 2. The number of hydrogen-bond donors (Lipinski definition) is 2. The lowest BCUT2D eigenvalue weighted by Gasteiger charge is -2.33. The van der Waals surface area contributed by atoms with Crippen LogP contribution in [0.4, 0.5) is 11.4 Å². The summed E-state index contributed by atoms with van der Waals surface area (Å²) in [6.45, 7) is 6.06. The van der Waals surface area contributed by atoms with Crippen LogP contribution in [0.3, 0.4) is 0 Å². The summed E-state index contributed by atoms with van der Waals surface area (Å²) in [5, 5.41) is 14.4. The fraction of sp³-hybridized carbons (Fsp3) is 0.385. The third-order valence-electron chi connectivity index (χ3n) is 6.38. The molecule has 7 nitrogen and oxygen atoms in total. The normalized spacial score (nSPS) is 17.3. The van der Waals surface area contributed by atoms with Crippen molar-refractivity contribution in [2.45, 2.75) is 52.5 Å². The first-order valence-electron chi connectivity index (χ1n) is 11.7. The van der Waals surface area contributed by atoms with Gasteiger partial charge in [-0.1, -0.05) is 19.1 Å². The Balaban J connectivity index is 0.00000361. The fourth-order valence-corrected chi connectivity index (χ4v) is 5.97. The molecule has 10 heteroatoms. The van der Waals surface area contributed by atoms with Crippen LogP contribution in [-0.2, 0) is 4.79 Å². The van der Waals surface area contributed by atoms with Crippen LogP contribution >= 0.6 is 22.7 Å². The highest BCUT2D eigenvalue weighted by atomic mass is 32.1. The SMILES string of the molecule is CC1CCC(C(=O)N(c2cc(-c3ccc(NC(=O)c4cscn4)cc3)sc2C(=O)O)C(C)C)CC1.[MgH2]. The molecule has 0 unspecified atom stereocenters. The van der Waals surface area contributed by atoms with E-state index in [-0.39, 0.29) is 51.7 Å². The molecular formula is C26H31MgN3O4S2. The topological polar surface area (TPSA) is 99.6 Å². The average molecular weight is 538 g/mol. The molecule has 1 aliphatic carbocycles. The zero-order chi connectivity index (χ0) is 25.1. The molecule has 2 N–H and O–H groups in total. The lowest BCUT2D eigenvalue weighted by Crippen LogP contribution is -2.42. The van der Waals surface area contributed by atoms with Gasteiger partial charge in [0.25, 0.3) is 5.91 Å². The van der Waals surface area contributed by atoms with E-state index in [0.717, 1.165) is 47.5 Å². The Hall–Kier alpha value is -2.27. The number of rotatable bonds is 7. The molecule has 0 spiro atoms. The highest BCUT2D eigenvalue weighted by molar-refractivity contribution is 7.18. The summed E-state index contributed by atoms with van der Waals surface area (Å²) < 4.78 is 0. The summed E-state index contributed by atoms with van der Waals surface area (Å²) in [4.78, 5) is 44.5. The van der Waals surface area contributed by atoms with E-state index >= 15 is 0 Å². The lowest BCUT2D eigenvalue weighted by molar-refractivity contribution is -0.123. The van der Waals surface area contributed by atoms with Crippen LogP contribution in [0.2, 0.25) is 0 Å². The van der Waals surface area contributed by atoms with Crippen molar-refractivity contribution < 1.29 is 19.5 Å². The van der Waals surface area contributed by atoms with E-state index in [1.54, 1.807) is 34.0 Å². The number of aromatic nitrogens is 1. The van der Waals surface area contributed by atoms with Crippen molar-refractivity contribution in [1.82, 2.24) is 4.98 Å². The lowest BCUT2D eigenvalue weighted by atomic mass is 9.82. The number of carboxylic acids is 1. The number of carbonyl (C=O) groups is 3. The Kier molecular flexibility index (Phi) is 9.68. The highest BCUT2D eigenvalue weighted by Crippen LogP contribution is 2.40. The van der Waals surface area contributed by atoms with Gasteiger partial charge in [-0.05, 0) is 69.2 Å². The molecule has 0 atom stereocenters. The number of nitrogens with one attached hydrogen (secondary N) is 1. The average Bonchev–Trinajstić information content (AvgIpc) is 3.51. The Morgan fingerprint density at radius 3 is 2.33 bits per heavy atom. The molecule has 1 aliphatic rings. The highest BCUT2D eigenvalue weighted by Gasteiger charge is 2.33.